The summed E-state index contributed by atoms with van der Waals surface area (Å²) in [7, 11) is -1.86. The number of benzene rings is 2. The van der Waals surface area contributed by atoms with Crippen LogP contribution in [-0.2, 0) is 16.3 Å². The van der Waals surface area contributed by atoms with E-state index in [1.165, 1.54) is 7.11 Å². The zero-order chi connectivity index (χ0) is 15.5. The van der Waals surface area contributed by atoms with Crippen molar-refractivity contribution in [2.45, 2.75) is 11.3 Å². The number of ether oxygens (including phenoxy) is 1. The first-order valence-electron chi connectivity index (χ1n) is 6.24. The molecule has 2 rings (SSSR count). The monoisotopic (exact) mass is 344 g/mol. The Bertz CT molecular complexity index is 728. The van der Waals surface area contributed by atoms with Gasteiger partial charge in [0.1, 0.15) is 5.75 Å². The van der Waals surface area contributed by atoms with Crippen LogP contribution in [0.2, 0.25) is 10.0 Å². The molecule has 0 spiro atoms. The SMILES string of the molecule is COc1cc(Cl)cc(Cl)c1CCS(=O)(=O)c1ccccc1. The lowest BCUT2D eigenvalue weighted by Crippen LogP contribution is -2.10. The zero-order valence-electron chi connectivity index (χ0n) is 11.3. The first-order chi connectivity index (χ1) is 9.94. The summed E-state index contributed by atoms with van der Waals surface area (Å²) in [5, 5.41) is 0.856. The van der Waals surface area contributed by atoms with E-state index in [4.69, 9.17) is 27.9 Å². The predicted molar refractivity (Wildman–Crippen MR) is 85.2 cm³/mol. The van der Waals surface area contributed by atoms with Crippen LogP contribution < -0.4 is 4.74 Å². The Morgan fingerprint density at radius 2 is 1.76 bits per heavy atom. The van der Waals surface area contributed by atoms with Gasteiger partial charge < -0.3 is 4.74 Å². The lowest BCUT2D eigenvalue weighted by molar-refractivity contribution is 0.410. The molecule has 0 aliphatic rings. The minimum Gasteiger partial charge on any atom is -0.496 e. The summed E-state index contributed by atoms with van der Waals surface area (Å²) in [6.45, 7) is 0. The second-order valence-corrected chi connectivity index (χ2v) is 7.40. The Kier molecular flexibility index (Phi) is 5.14. The Balaban J connectivity index is 2.25. The quantitative estimate of drug-likeness (QED) is 0.822. The number of methoxy groups -OCH3 is 1. The smallest absolute Gasteiger partial charge is 0.178 e. The highest BCUT2D eigenvalue weighted by molar-refractivity contribution is 7.91. The third-order valence-corrected chi connectivity index (χ3v) is 5.35. The van der Waals surface area contributed by atoms with Crippen molar-refractivity contribution in [1.82, 2.24) is 0 Å². The van der Waals surface area contributed by atoms with E-state index in [0.29, 0.717) is 26.3 Å². The Labute approximate surface area is 134 Å². The van der Waals surface area contributed by atoms with Crippen molar-refractivity contribution >= 4 is 33.0 Å². The topological polar surface area (TPSA) is 43.4 Å². The first kappa shape index (κ1) is 16.1. The van der Waals surface area contributed by atoms with E-state index in [1.54, 1.807) is 42.5 Å². The molecule has 21 heavy (non-hydrogen) atoms. The maximum atomic E-state index is 12.3. The molecule has 2 aromatic rings. The molecule has 0 aliphatic carbocycles. The summed E-state index contributed by atoms with van der Waals surface area (Å²) < 4.78 is 29.8. The highest BCUT2D eigenvalue weighted by Gasteiger charge is 2.17. The Morgan fingerprint density at radius 1 is 1.10 bits per heavy atom. The lowest BCUT2D eigenvalue weighted by atomic mass is 10.1. The maximum absolute atomic E-state index is 12.3. The summed E-state index contributed by atoms with van der Waals surface area (Å²) in [6.07, 6.45) is 0.260. The van der Waals surface area contributed by atoms with Gasteiger partial charge in [0.25, 0.3) is 0 Å². The van der Waals surface area contributed by atoms with E-state index < -0.39 is 9.84 Å². The summed E-state index contributed by atoms with van der Waals surface area (Å²) in [5.41, 5.74) is 0.642. The normalized spacial score (nSPS) is 11.4. The molecule has 0 aromatic heterocycles. The number of halogens is 2. The van der Waals surface area contributed by atoms with Crippen LogP contribution in [0.3, 0.4) is 0 Å². The molecule has 0 N–H and O–H groups in total. The standard InChI is InChI=1S/C15H14Cl2O3S/c1-20-15-10-11(16)9-14(17)13(15)7-8-21(18,19)12-5-3-2-4-6-12/h2-6,9-10H,7-8H2,1H3. The van der Waals surface area contributed by atoms with Crippen LogP contribution in [0.25, 0.3) is 0 Å². The Hall–Kier alpha value is -1.23. The number of rotatable bonds is 5. The summed E-state index contributed by atoms with van der Waals surface area (Å²) in [4.78, 5) is 0.300. The van der Waals surface area contributed by atoms with E-state index in [-0.39, 0.29) is 12.2 Å². The van der Waals surface area contributed by atoms with E-state index in [2.05, 4.69) is 0 Å². The molecule has 0 amide bonds. The predicted octanol–water partition coefficient (Wildman–Crippen LogP) is 4.02. The summed E-state index contributed by atoms with van der Waals surface area (Å²) in [6, 6.07) is 11.5. The van der Waals surface area contributed by atoms with Crippen LogP contribution in [-0.4, -0.2) is 21.3 Å². The molecule has 0 saturated heterocycles. The van der Waals surface area contributed by atoms with Gasteiger partial charge in [-0.2, -0.15) is 0 Å². The number of sulfone groups is 1. The molecule has 0 atom stereocenters. The van der Waals surface area contributed by atoms with Crippen molar-refractivity contribution in [2.24, 2.45) is 0 Å². The van der Waals surface area contributed by atoms with Gasteiger partial charge in [-0.25, -0.2) is 8.42 Å². The van der Waals surface area contributed by atoms with Gasteiger partial charge in [0.15, 0.2) is 9.84 Å². The van der Waals surface area contributed by atoms with Crippen molar-refractivity contribution in [1.29, 1.82) is 0 Å². The van der Waals surface area contributed by atoms with Crippen LogP contribution in [0.15, 0.2) is 47.4 Å². The molecule has 0 fully saturated rings. The average Bonchev–Trinajstić information content (AvgIpc) is 2.46. The molecule has 6 heteroatoms. The summed E-state index contributed by atoms with van der Waals surface area (Å²) in [5.74, 6) is 0.449. The maximum Gasteiger partial charge on any atom is 0.178 e. The first-order valence-corrected chi connectivity index (χ1v) is 8.64. The molecular weight excluding hydrogens is 331 g/mol. The highest BCUT2D eigenvalue weighted by Crippen LogP contribution is 2.31. The summed E-state index contributed by atoms with van der Waals surface area (Å²) >= 11 is 12.0. The molecule has 0 saturated carbocycles. The molecule has 0 unspecified atom stereocenters. The minimum atomic E-state index is -3.36. The third kappa shape index (κ3) is 3.90. The van der Waals surface area contributed by atoms with Crippen LogP contribution in [0, 0.1) is 0 Å². The molecule has 0 radical (unpaired) electrons. The molecule has 0 heterocycles. The van der Waals surface area contributed by atoms with Gasteiger partial charge in [-0.1, -0.05) is 41.4 Å². The molecular formula is C15H14Cl2O3S. The molecule has 0 bridgehead atoms. The van der Waals surface area contributed by atoms with Crippen molar-refractivity contribution in [3.8, 4) is 5.75 Å². The van der Waals surface area contributed by atoms with Crippen LogP contribution in [0.1, 0.15) is 5.56 Å². The van der Waals surface area contributed by atoms with Gasteiger partial charge in [-0.15, -0.1) is 0 Å². The second kappa shape index (κ2) is 6.69. The van der Waals surface area contributed by atoms with Gasteiger partial charge in [0.2, 0.25) is 0 Å². The molecule has 3 nitrogen and oxygen atoms in total. The van der Waals surface area contributed by atoms with Gasteiger partial charge >= 0.3 is 0 Å². The molecule has 0 aliphatic heterocycles. The third-order valence-electron chi connectivity index (χ3n) is 3.06. The zero-order valence-corrected chi connectivity index (χ0v) is 13.7. The van der Waals surface area contributed by atoms with Crippen molar-refractivity contribution in [3.05, 3.63) is 58.1 Å². The van der Waals surface area contributed by atoms with Gasteiger partial charge in [-0.05, 0) is 30.7 Å². The van der Waals surface area contributed by atoms with E-state index in [0.717, 1.165) is 0 Å². The van der Waals surface area contributed by atoms with E-state index >= 15 is 0 Å². The van der Waals surface area contributed by atoms with Gasteiger partial charge in [0, 0.05) is 15.6 Å². The Morgan fingerprint density at radius 3 is 2.38 bits per heavy atom. The highest BCUT2D eigenvalue weighted by atomic mass is 35.5. The number of hydrogen-bond donors (Lipinski definition) is 0. The average molecular weight is 345 g/mol. The fourth-order valence-electron chi connectivity index (χ4n) is 1.99. The lowest BCUT2D eigenvalue weighted by Gasteiger charge is -2.11. The van der Waals surface area contributed by atoms with Crippen LogP contribution in [0.4, 0.5) is 0 Å². The van der Waals surface area contributed by atoms with Gasteiger partial charge in [0.05, 0.1) is 17.8 Å². The second-order valence-electron chi connectivity index (χ2n) is 4.45. The van der Waals surface area contributed by atoms with Crippen LogP contribution in [0.5, 0.6) is 5.75 Å². The van der Waals surface area contributed by atoms with Gasteiger partial charge in [-0.3, -0.25) is 0 Å². The van der Waals surface area contributed by atoms with E-state index in [9.17, 15) is 8.42 Å². The van der Waals surface area contributed by atoms with E-state index in [1.807, 2.05) is 0 Å². The fraction of sp³-hybridized carbons (Fsp3) is 0.200. The fourth-order valence-corrected chi connectivity index (χ4v) is 3.84. The van der Waals surface area contributed by atoms with Crippen LogP contribution >= 0.6 is 23.2 Å². The number of hydrogen-bond acceptors (Lipinski definition) is 3. The largest absolute Gasteiger partial charge is 0.496 e. The van der Waals surface area contributed by atoms with Crippen molar-refractivity contribution < 1.29 is 13.2 Å². The molecule has 2 aromatic carbocycles. The van der Waals surface area contributed by atoms with Crippen molar-refractivity contribution in [3.63, 3.8) is 0 Å². The van der Waals surface area contributed by atoms with Crippen molar-refractivity contribution in [2.75, 3.05) is 12.9 Å². The minimum absolute atomic E-state index is 0.0469. The molecule has 112 valence electrons.